The number of nitrogens with zero attached hydrogens (tertiary/aromatic N) is 1. The summed E-state index contributed by atoms with van der Waals surface area (Å²) in [5.74, 6) is 3.37. The van der Waals surface area contributed by atoms with Gasteiger partial charge in [-0.25, -0.2) is 4.39 Å². The largest absolute Gasteiger partial charge is 0.426 e. The van der Waals surface area contributed by atoms with Gasteiger partial charge >= 0.3 is 5.97 Å². The lowest BCUT2D eigenvalue weighted by molar-refractivity contribution is -0.142. The van der Waals surface area contributed by atoms with E-state index in [1.807, 2.05) is 0 Å². The van der Waals surface area contributed by atoms with Crippen molar-refractivity contribution in [1.29, 1.82) is 5.26 Å². The van der Waals surface area contributed by atoms with Gasteiger partial charge in [0.05, 0.1) is 11.5 Å². The number of carbonyl (C=O) groups excluding carboxylic acids is 1. The zero-order chi connectivity index (χ0) is 19.7. The van der Waals surface area contributed by atoms with Crippen molar-refractivity contribution in [1.82, 2.24) is 0 Å². The Morgan fingerprint density at radius 3 is 2.50 bits per heavy atom. The molecule has 4 heteroatoms. The number of hydrogen-bond donors (Lipinski definition) is 0. The first-order valence-corrected chi connectivity index (χ1v) is 11.0. The van der Waals surface area contributed by atoms with Gasteiger partial charge < -0.3 is 4.74 Å². The van der Waals surface area contributed by atoms with E-state index in [4.69, 9.17) is 10.00 Å². The highest BCUT2D eigenvalue weighted by atomic mass is 19.1. The van der Waals surface area contributed by atoms with Crippen LogP contribution in [-0.2, 0) is 4.79 Å². The third-order valence-corrected chi connectivity index (χ3v) is 7.84. The van der Waals surface area contributed by atoms with Crippen molar-refractivity contribution in [2.75, 3.05) is 0 Å². The molecule has 3 aliphatic rings. The van der Waals surface area contributed by atoms with Crippen molar-refractivity contribution >= 4 is 5.97 Å². The van der Waals surface area contributed by atoms with Crippen molar-refractivity contribution in [2.45, 2.75) is 64.7 Å². The maximum Gasteiger partial charge on any atom is 0.314 e. The first-order chi connectivity index (χ1) is 13.6. The van der Waals surface area contributed by atoms with Crippen LogP contribution in [0.5, 0.6) is 5.75 Å². The van der Waals surface area contributed by atoms with Crippen LogP contribution in [0.1, 0.15) is 70.3 Å². The maximum absolute atomic E-state index is 13.8. The van der Waals surface area contributed by atoms with Gasteiger partial charge in [0, 0.05) is 6.07 Å². The predicted molar refractivity (Wildman–Crippen MR) is 105 cm³/mol. The molecule has 0 saturated heterocycles. The fourth-order valence-electron chi connectivity index (χ4n) is 6.33. The number of nitriles is 1. The molecule has 1 aromatic rings. The van der Waals surface area contributed by atoms with Crippen LogP contribution in [0.3, 0.4) is 0 Å². The zero-order valence-electron chi connectivity index (χ0n) is 16.7. The molecular formula is C24H30FNO2. The van der Waals surface area contributed by atoms with Gasteiger partial charge in [0.25, 0.3) is 0 Å². The second kappa shape index (κ2) is 8.23. The Hall–Kier alpha value is -1.89. The Balaban J connectivity index is 1.36. The first kappa shape index (κ1) is 19.4. The molecule has 0 spiro atoms. The molecule has 0 amide bonds. The van der Waals surface area contributed by atoms with Gasteiger partial charge in [-0.15, -0.1) is 0 Å². The molecule has 3 fully saturated rings. The summed E-state index contributed by atoms with van der Waals surface area (Å²) < 4.78 is 19.2. The second-order valence-corrected chi connectivity index (χ2v) is 9.20. The number of ether oxygens (including phenoxy) is 1. The molecule has 0 bridgehead atoms. The summed E-state index contributed by atoms with van der Waals surface area (Å²) in [4.78, 5) is 12.7. The molecule has 0 radical (unpaired) electrons. The Bertz CT molecular complexity index is 770. The lowest BCUT2D eigenvalue weighted by Crippen LogP contribution is -2.42. The molecule has 0 aromatic heterocycles. The summed E-state index contributed by atoms with van der Waals surface area (Å²) in [5.41, 5.74) is -0.0325. The molecule has 3 nitrogen and oxygen atoms in total. The van der Waals surface area contributed by atoms with E-state index in [1.165, 1.54) is 50.7 Å². The van der Waals surface area contributed by atoms with Gasteiger partial charge in [0.1, 0.15) is 17.6 Å². The summed E-state index contributed by atoms with van der Waals surface area (Å²) >= 11 is 0. The predicted octanol–water partition coefficient (Wildman–Crippen LogP) is 5.87. The van der Waals surface area contributed by atoms with Gasteiger partial charge in [-0.1, -0.05) is 19.8 Å². The molecule has 3 aliphatic carbocycles. The molecule has 1 aromatic carbocycles. The van der Waals surface area contributed by atoms with Crippen LogP contribution in [0.2, 0.25) is 0 Å². The fourth-order valence-corrected chi connectivity index (χ4v) is 6.33. The summed E-state index contributed by atoms with van der Waals surface area (Å²) in [7, 11) is 0. The third-order valence-electron chi connectivity index (χ3n) is 7.84. The Labute approximate surface area is 167 Å². The van der Waals surface area contributed by atoms with E-state index < -0.39 is 5.82 Å². The van der Waals surface area contributed by atoms with E-state index in [0.29, 0.717) is 5.92 Å². The average molecular weight is 384 g/mol. The third kappa shape index (κ3) is 3.81. The fraction of sp³-hybridized carbons (Fsp3) is 0.667. The standard InChI is InChI=1S/C24H30FNO2/c1-2-15-3-9-21-16(11-15)4-5-17-12-18(7-10-22(17)21)24(27)28-20-8-6-19(14-26)23(25)13-20/h6,8,13,15-18,21-22H,2-5,7,9-12H2,1H3/t15?,16?,17-,18-,21?,22+/m1/s1. The summed E-state index contributed by atoms with van der Waals surface area (Å²) in [6.45, 7) is 2.33. The lowest BCUT2D eigenvalue weighted by atomic mass is 9.55. The van der Waals surface area contributed by atoms with E-state index in [0.717, 1.165) is 49.0 Å². The van der Waals surface area contributed by atoms with Gasteiger partial charge in [-0.3, -0.25) is 4.79 Å². The van der Waals surface area contributed by atoms with Crippen molar-refractivity contribution in [3.63, 3.8) is 0 Å². The molecule has 0 heterocycles. The Morgan fingerprint density at radius 2 is 1.82 bits per heavy atom. The SMILES string of the molecule is CCC1CCC2C(CC[C@@H]3C[C@H](C(=O)Oc4ccc(C#N)c(F)c4)CC[C@H]23)C1. The van der Waals surface area contributed by atoms with Crippen molar-refractivity contribution in [3.8, 4) is 11.8 Å². The number of hydrogen-bond acceptors (Lipinski definition) is 3. The first-order valence-electron chi connectivity index (χ1n) is 11.0. The quantitative estimate of drug-likeness (QED) is 0.484. The number of carbonyl (C=O) groups is 1. The minimum Gasteiger partial charge on any atom is -0.426 e. The highest BCUT2D eigenvalue weighted by Crippen LogP contribution is 2.53. The van der Waals surface area contributed by atoms with Crippen LogP contribution >= 0.6 is 0 Å². The average Bonchev–Trinajstić information content (AvgIpc) is 2.72. The van der Waals surface area contributed by atoms with Crippen LogP contribution in [0, 0.1) is 52.7 Å². The van der Waals surface area contributed by atoms with Crippen molar-refractivity contribution < 1.29 is 13.9 Å². The van der Waals surface area contributed by atoms with E-state index in [1.54, 1.807) is 6.07 Å². The molecule has 4 rings (SSSR count). The van der Waals surface area contributed by atoms with Gasteiger partial charge in [0.15, 0.2) is 0 Å². The molecule has 28 heavy (non-hydrogen) atoms. The molecule has 3 unspecified atom stereocenters. The monoisotopic (exact) mass is 383 g/mol. The van der Waals surface area contributed by atoms with Gasteiger partial charge in [0.2, 0.25) is 0 Å². The normalized spacial score (nSPS) is 34.6. The molecule has 6 atom stereocenters. The van der Waals surface area contributed by atoms with Gasteiger partial charge in [-0.2, -0.15) is 5.26 Å². The van der Waals surface area contributed by atoms with Crippen molar-refractivity contribution in [2.24, 2.45) is 35.5 Å². The summed E-state index contributed by atoms with van der Waals surface area (Å²) in [6.07, 6.45) is 11.0. The van der Waals surface area contributed by atoms with Crippen LogP contribution in [0.15, 0.2) is 18.2 Å². The number of rotatable bonds is 3. The second-order valence-electron chi connectivity index (χ2n) is 9.20. The minimum atomic E-state index is -0.641. The van der Waals surface area contributed by atoms with Crippen LogP contribution in [-0.4, -0.2) is 5.97 Å². The number of benzene rings is 1. The number of fused-ring (bicyclic) bond motifs is 3. The maximum atomic E-state index is 13.8. The van der Waals surface area contributed by atoms with Gasteiger partial charge in [-0.05, 0) is 86.7 Å². The van der Waals surface area contributed by atoms with Crippen LogP contribution < -0.4 is 4.74 Å². The van der Waals surface area contributed by atoms with E-state index in [2.05, 4.69) is 6.92 Å². The topological polar surface area (TPSA) is 50.1 Å². The molecule has 150 valence electrons. The molecule has 0 aliphatic heterocycles. The zero-order valence-corrected chi connectivity index (χ0v) is 16.7. The van der Waals surface area contributed by atoms with E-state index in [9.17, 15) is 9.18 Å². The minimum absolute atomic E-state index is 0.0325. The summed E-state index contributed by atoms with van der Waals surface area (Å²) in [6, 6.07) is 5.79. The summed E-state index contributed by atoms with van der Waals surface area (Å²) in [5, 5.41) is 8.82. The molecule has 0 N–H and O–H groups in total. The number of halogens is 1. The smallest absolute Gasteiger partial charge is 0.314 e. The Morgan fingerprint density at radius 1 is 1.11 bits per heavy atom. The van der Waals surface area contributed by atoms with Crippen LogP contribution in [0.4, 0.5) is 4.39 Å². The number of esters is 1. The Kier molecular flexibility index (Phi) is 5.71. The molecule has 3 saturated carbocycles. The van der Waals surface area contributed by atoms with Crippen LogP contribution in [0.25, 0.3) is 0 Å². The highest BCUT2D eigenvalue weighted by molar-refractivity contribution is 5.75. The van der Waals surface area contributed by atoms with Crippen molar-refractivity contribution in [3.05, 3.63) is 29.6 Å². The van der Waals surface area contributed by atoms with E-state index >= 15 is 0 Å². The molecular weight excluding hydrogens is 353 g/mol. The highest BCUT2D eigenvalue weighted by Gasteiger charge is 2.45. The lowest BCUT2D eigenvalue weighted by Gasteiger charge is -2.50. The van der Waals surface area contributed by atoms with E-state index in [-0.39, 0.29) is 23.2 Å².